The van der Waals surface area contributed by atoms with Gasteiger partial charge in [-0.15, -0.1) is 0 Å². The molecule has 0 aromatic carbocycles. The lowest BCUT2D eigenvalue weighted by Crippen LogP contribution is -1.91. The van der Waals surface area contributed by atoms with Crippen molar-refractivity contribution >= 4 is 5.97 Å². The molecule has 4 nitrogen and oxygen atoms in total. The van der Waals surface area contributed by atoms with E-state index in [1.807, 2.05) is 0 Å². The maximum Gasteiger partial charge on any atom is 0.337 e. The van der Waals surface area contributed by atoms with Crippen LogP contribution in [0.5, 0.6) is 0 Å². The molecule has 0 fully saturated rings. The van der Waals surface area contributed by atoms with Gasteiger partial charge in [-0.05, 0) is 26.0 Å². The fourth-order valence-corrected chi connectivity index (χ4v) is 1.07. The van der Waals surface area contributed by atoms with Gasteiger partial charge in [0.15, 0.2) is 0 Å². The predicted molar refractivity (Wildman–Crippen MR) is 61.4 cm³/mol. The lowest BCUT2D eigenvalue weighted by Gasteiger charge is -1.96. The van der Waals surface area contributed by atoms with Crippen molar-refractivity contribution in [2.24, 2.45) is 0 Å². The predicted octanol–water partition coefficient (Wildman–Crippen LogP) is 2.55. The first-order valence-electron chi connectivity index (χ1n) is 4.96. The molecule has 90 valence electrons. The molecule has 2 rings (SSSR count). The Balaban J connectivity index is 0.000000171. The standard InChI is InChI=1S/C7H8FN.C5H5NO2/c1-5-6(2)9-4-3-7(5)8;7-5(8)4-1-2-6-3-4/h3-4H,1-2H3;1-3,6H,(H,7,8). The van der Waals surface area contributed by atoms with Crippen LogP contribution in [-0.2, 0) is 0 Å². The van der Waals surface area contributed by atoms with Gasteiger partial charge < -0.3 is 10.1 Å². The van der Waals surface area contributed by atoms with Crippen molar-refractivity contribution in [1.82, 2.24) is 9.97 Å². The van der Waals surface area contributed by atoms with Crippen LogP contribution in [-0.4, -0.2) is 21.0 Å². The van der Waals surface area contributed by atoms with E-state index in [0.29, 0.717) is 11.1 Å². The number of hydrogen-bond donors (Lipinski definition) is 2. The smallest absolute Gasteiger partial charge is 0.337 e. The number of halogens is 1. The Hall–Kier alpha value is -2.17. The Kier molecular flexibility index (Phi) is 4.39. The van der Waals surface area contributed by atoms with Crippen molar-refractivity contribution in [1.29, 1.82) is 0 Å². The molecule has 2 heterocycles. The second-order valence-electron chi connectivity index (χ2n) is 3.41. The molecule has 0 saturated heterocycles. The molecule has 2 aromatic heterocycles. The number of nitrogens with zero attached hydrogens (tertiary/aromatic N) is 1. The first-order valence-corrected chi connectivity index (χ1v) is 4.96. The van der Waals surface area contributed by atoms with Crippen molar-refractivity contribution in [3.05, 3.63) is 53.4 Å². The van der Waals surface area contributed by atoms with E-state index in [9.17, 15) is 9.18 Å². The summed E-state index contributed by atoms with van der Waals surface area (Å²) < 4.78 is 12.5. The molecule has 0 amide bonds. The van der Waals surface area contributed by atoms with E-state index in [-0.39, 0.29) is 5.82 Å². The zero-order valence-electron chi connectivity index (χ0n) is 9.57. The fraction of sp³-hybridized carbons (Fsp3) is 0.167. The maximum absolute atomic E-state index is 12.5. The minimum absolute atomic E-state index is 0.178. The van der Waals surface area contributed by atoms with Crippen LogP contribution in [0.25, 0.3) is 0 Å². The highest BCUT2D eigenvalue weighted by molar-refractivity contribution is 5.87. The van der Waals surface area contributed by atoms with Gasteiger partial charge in [-0.1, -0.05) is 0 Å². The number of hydrogen-bond acceptors (Lipinski definition) is 2. The number of carbonyl (C=O) groups is 1. The van der Waals surface area contributed by atoms with E-state index in [4.69, 9.17) is 5.11 Å². The number of aromatic nitrogens is 2. The van der Waals surface area contributed by atoms with Crippen LogP contribution >= 0.6 is 0 Å². The molecule has 0 aliphatic heterocycles. The van der Waals surface area contributed by atoms with E-state index >= 15 is 0 Å². The average Bonchev–Trinajstić information content (AvgIpc) is 2.80. The van der Waals surface area contributed by atoms with Gasteiger partial charge in [-0.25, -0.2) is 9.18 Å². The highest BCUT2D eigenvalue weighted by Crippen LogP contribution is 2.06. The second kappa shape index (κ2) is 5.79. The molecule has 0 atom stereocenters. The minimum Gasteiger partial charge on any atom is -0.478 e. The maximum atomic E-state index is 12.5. The van der Waals surface area contributed by atoms with Crippen LogP contribution < -0.4 is 0 Å². The SMILES string of the molecule is Cc1nccc(F)c1C.O=C(O)c1cc[nH]c1. The molecule has 0 spiro atoms. The quantitative estimate of drug-likeness (QED) is 0.799. The van der Waals surface area contributed by atoms with Gasteiger partial charge in [0.05, 0.1) is 5.56 Å². The van der Waals surface area contributed by atoms with Gasteiger partial charge in [-0.2, -0.15) is 0 Å². The van der Waals surface area contributed by atoms with E-state index in [1.165, 1.54) is 24.5 Å². The molecular formula is C12H13FN2O2. The first kappa shape index (κ1) is 12.9. The van der Waals surface area contributed by atoms with Gasteiger partial charge in [-0.3, -0.25) is 4.98 Å². The highest BCUT2D eigenvalue weighted by Gasteiger charge is 1.98. The molecule has 17 heavy (non-hydrogen) atoms. The van der Waals surface area contributed by atoms with Gasteiger partial charge in [0.2, 0.25) is 0 Å². The molecule has 2 aromatic rings. The third-order valence-electron chi connectivity index (χ3n) is 2.23. The van der Waals surface area contributed by atoms with Gasteiger partial charge in [0.1, 0.15) is 5.82 Å². The second-order valence-corrected chi connectivity index (χ2v) is 3.41. The summed E-state index contributed by atoms with van der Waals surface area (Å²) in [7, 11) is 0. The van der Waals surface area contributed by atoms with E-state index in [2.05, 4.69) is 9.97 Å². The highest BCUT2D eigenvalue weighted by atomic mass is 19.1. The number of rotatable bonds is 1. The molecule has 0 aliphatic rings. The molecule has 2 N–H and O–H groups in total. The lowest BCUT2D eigenvalue weighted by atomic mass is 10.2. The van der Waals surface area contributed by atoms with Crippen LogP contribution in [0.2, 0.25) is 0 Å². The van der Waals surface area contributed by atoms with Crippen LogP contribution in [0, 0.1) is 19.7 Å². The zero-order valence-corrected chi connectivity index (χ0v) is 9.57. The molecule has 0 unspecified atom stereocenters. The fourth-order valence-electron chi connectivity index (χ4n) is 1.07. The van der Waals surface area contributed by atoms with Gasteiger partial charge >= 0.3 is 5.97 Å². The summed E-state index contributed by atoms with van der Waals surface area (Å²) in [6.07, 6.45) is 4.48. The summed E-state index contributed by atoms with van der Waals surface area (Å²) in [6.45, 7) is 3.51. The van der Waals surface area contributed by atoms with Crippen molar-refractivity contribution in [2.75, 3.05) is 0 Å². The normalized spacial score (nSPS) is 9.35. The monoisotopic (exact) mass is 236 g/mol. The molecule has 0 aliphatic carbocycles. The van der Waals surface area contributed by atoms with Crippen LogP contribution in [0.4, 0.5) is 4.39 Å². The molecular weight excluding hydrogens is 223 g/mol. The molecule has 0 radical (unpaired) electrons. The summed E-state index contributed by atoms with van der Waals surface area (Å²) >= 11 is 0. The largest absolute Gasteiger partial charge is 0.478 e. The van der Waals surface area contributed by atoms with Gasteiger partial charge in [0, 0.05) is 29.8 Å². The lowest BCUT2D eigenvalue weighted by molar-refractivity contribution is 0.0697. The van der Waals surface area contributed by atoms with Crippen LogP contribution in [0.15, 0.2) is 30.7 Å². The Bertz CT molecular complexity index is 475. The van der Waals surface area contributed by atoms with E-state index < -0.39 is 5.97 Å². The number of H-pyrrole nitrogens is 1. The van der Waals surface area contributed by atoms with Crippen LogP contribution in [0.3, 0.4) is 0 Å². The van der Waals surface area contributed by atoms with E-state index in [1.54, 1.807) is 20.0 Å². The van der Waals surface area contributed by atoms with E-state index in [0.717, 1.165) is 5.69 Å². The number of carboxylic acid groups (broad SMARTS) is 1. The summed E-state index contributed by atoms with van der Waals surface area (Å²) in [5, 5.41) is 8.25. The summed E-state index contributed by atoms with van der Waals surface area (Å²) in [5.74, 6) is -1.08. The Morgan fingerprint density at radius 2 is 2.12 bits per heavy atom. The number of aryl methyl sites for hydroxylation is 1. The Labute approximate surface area is 98.1 Å². The van der Waals surface area contributed by atoms with Crippen molar-refractivity contribution < 1.29 is 14.3 Å². The minimum atomic E-state index is -0.897. The number of aromatic amines is 1. The summed E-state index contributed by atoms with van der Waals surface area (Å²) in [5.41, 5.74) is 1.69. The molecule has 0 saturated carbocycles. The van der Waals surface area contributed by atoms with Crippen molar-refractivity contribution in [3.63, 3.8) is 0 Å². The van der Waals surface area contributed by atoms with Gasteiger partial charge in [0.25, 0.3) is 0 Å². The topological polar surface area (TPSA) is 66.0 Å². The van der Waals surface area contributed by atoms with Crippen LogP contribution in [0.1, 0.15) is 21.6 Å². The summed E-state index contributed by atoms with van der Waals surface area (Å²) in [4.78, 5) is 16.6. The Morgan fingerprint density at radius 1 is 1.41 bits per heavy atom. The first-order chi connectivity index (χ1) is 8.02. The van der Waals surface area contributed by atoms with Crippen molar-refractivity contribution in [2.45, 2.75) is 13.8 Å². The summed E-state index contributed by atoms with van der Waals surface area (Å²) in [6, 6.07) is 2.87. The number of aromatic carboxylic acids is 1. The molecule has 0 bridgehead atoms. The number of pyridine rings is 1. The van der Waals surface area contributed by atoms with Crippen molar-refractivity contribution in [3.8, 4) is 0 Å². The molecule has 5 heteroatoms. The number of nitrogens with one attached hydrogen (secondary N) is 1. The number of carboxylic acids is 1. The third-order valence-corrected chi connectivity index (χ3v) is 2.23. The third kappa shape index (κ3) is 3.71. The Morgan fingerprint density at radius 3 is 2.47 bits per heavy atom. The zero-order chi connectivity index (χ0) is 12.8. The average molecular weight is 236 g/mol.